The molecule has 0 rings (SSSR count). The second-order valence-electron chi connectivity index (χ2n) is 3.78. The highest BCUT2D eigenvalue weighted by Gasteiger charge is 2.18. The minimum absolute atomic E-state index is 0.0377. The number of carbonyl (C=O) groups is 1. The summed E-state index contributed by atoms with van der Waals surface area (Å²) >= 11 is 0. The molecule has 1 unspecified atom stereocenters. The zero-order chi connectivity index (χ0) is 12.4. The topological polar surface area (TPSA) is 67.6 Å². The van der Waals surface area contributed by atoms with Gasteiger partial charge in [0, 0.05) is 20.2 Å². The minimum atomic E-state index is 0.0377. The van der Waals surface area contributed by atoms with E-state index in [1.807, 2.05) is 6.92 Å². The average Bonchev–Trinajstić information content (AvgIpc) is 2.31. The number of methoxy groups -OCH3 is 1. The number of hydrogen-bond donors (Lipinski definition) is 2. The van der Waals surface area contributed by atoms with Crippen LogP contribution in [-0.4, -0.2) is 57.2 Å². The molecule has 0 fully saturated rings. The van der Waals surface area contributed by atoms with Crippen LogP contribution in [0.25, 0.3) is 0 Å². The molecule has 3 N–H and O–H groups in total. The monoisotopic (exact) mass is 231 g/mol. The summed E-state index contributed by atoms with van der Waals surface area (Å²) in [7, 11) is 3.34. The van der Waals surface area contributed by atoms with Gasteiger partial charge in [-0.3, -0.25) is 9.69 Å². The third kappa shape index (κ3) is 6.05. The Kier molecular flexibility index (Phi) is 9.18. The summed E-state index contributed by atoms with van der Waals surface area (Å²) in [6, 6.07) is 0.274. The molecule has 1 atom stereocenters. The lowest BCUT2D eigenvalue weighted by Crippen LogP contribution is -2.44. The van der Waals surface area contributed by atoms with Gasteiger partial charge in [0.1, 0.15) is 0 Å². The number of rotatable bonds is 9. The lowest BCUT2D eigenvalue weighted by atomic mass is 10.1. The summed E-state index contributed by atoms with van der Waals surface area (Å²) in [5.74, 6) is 0.0377. The molecule has 0 aliphatic rings. The molecule has 0 aromatic heterocycles. The summed E-state index contributed by atoms with van der Waals surface area (Å²) in [4.78, 5) is 13.5. The van der Waals surface area contributed by atoms with Gasteiger partial charge in [0.15, 0.2) is 0 Å². The quantitative estimate of drug-likeness (QED) is 0.577. The third-order valence-electron chi connectivity index (χ3n) is 2.65. The Balaban J connectivity index is 4.25. The fraction of sp³-hybridized carbons (Fsp3) is 0.909. The molecule has 0 saturated carbocycles. The second kappa shape index (κ2) is 9.57. The predicted octanol–water partition coefficient (Wildman–Crippen LogP) is -0.192. The zero-order valence-corrected chi connectivity index (χ0v) is 10.7. The van der Waals surface area contributed by atoms with Crippen LogP contribution in [0.2, 0.25) is 0 Å². The maximum absolute atomic E-state index is 11.3. The van der Waals surface area contributed by atoms with Crippen LogP contribution < -0.4 is 11.1 Å². The fourth-order valence-electron chi connectivity index (χ4n) is 1.68. The first-order valence-corrected chi connectivity index (χ1v) is 5.83. The molecular weight excluding hydrogens is 206 g/mol. The molecule has 0 aromatic rings. The average molecular weight is 231 g/mol. The van der Waals surface area contributed by atoms with Crippen LogP contribution in [0.5, 0.6) is 0 Å². The van der Waals surface area contributed by atoms with Gasteiger partial charge in [0.2, 0.25) is 5.91 Å². The molecule has 0 aliphatic carbocycles. The Labute approximate surface area is 98.3 Å². The van der Waals surface area contributed by atoms with Crippen molar-refractivity contribution in [1.82, 2.24) is 10.2 Å². The molecule has 0 radical (unpaired) electrons. The maximum Gasteiger partial charge on any atom is 0.233 e. The lowest BCUT2D eigenvalue weighted by molar-refractivity contribution is -0.122. The molecule has 0 spiro atoms. The first-order chi connectivity index (χ1) is 7.69. The van der Waals surface area contributed by atoms with E-state index in [-0.39, 0.29) is 11.9 Å². The molecule has 0 aliphatic heterocycles. The maximum atomic E-state index is 11.3. The molecular formula is C11H25N3O2. The number of likely N-dealkylation sites (N-methyl/N-ethyl adjacent to an activating group) is 2. The van der Waals surface area contributed by atoms with Crippen LogP contribution in [0, 0.1) is 0 Å². The smallest absolute Gasteiger partial charge is 0.233 e. The Morgan fingerprint density at radius 3 is 2.69 bits per heavy atom. The van der Waals surface area contributed by atoms with Crippen molar-refractivity contribution < 1.29 is 9.53 Å². The number of amides is 1. The van der Waals surface area contributed by atoms with Gasteiger partial charge in [0.05, 0.1) is 13.2 Å². The van der Waals surface area contributed by atoms with E-state index in [1.54, 1.807) is 14.2 Å². The fourth-order valence-corrected chi connectivity index (χ4v) is 1.68. The van der Waals surface area contributed by atoms with E-state index < -0.39 is 0 Å². The van der Waals surface area contributed by atoms with Crippen LogP contribution in [0.3, 0.4) is 0 Å². The van der Waals surface area contributed by atoms with Gasteiger partial charge in [-0.2, -0.15) is 0 Å². The van der Waals surface area contributed by atoms with Gasteiger partial charge in [-0.1, -0.05) is 6.92 Å². The molecule has 5 nitrogen and oxygen atoms in total. The Bertz CT molecular complexity index is 188. The molecule has 0 heterocycles. The first-order valence-electron chi connectivity index (χ1n) is 5.83. The number of nitrogens with zero attached hydrogens (tertiary/aromatic N) is 1. The van der Waals surface area contributed by atoms with E-state index in [0.29, 0.717) is 19.7 Å². The zero-order valence-electron chi connectivity index (χ0n) is 10.7. The van der Waals surface area contributed by atoms with E-state index in [2.05, 4.69) is 10.2 Å². The first kappa shape index (κ1) is 15.3. The minimum Gasteiger partial charge on any atom is -0.383 e. The Morgan fingerprint density at radius 2 is 2.25 bits per heavy atom. The second-order valence-corrected chi connectivity index (χ2v) is 3.78. The van der Waals surface area contributed by atoms with E-state index in [0.717, 1.165) is 19.4 Å². The molecule has 1 amide bonds. The van der Waals surface area contributed by atoms with E-state index in [9.17, 15) is 4.79 Å². The van der Waals surface area contributed by atoms with Gasteiger partial charge >= 0.3 is 0 Å². The van der Waals surface area contributed by atoms with Crippen LogP contribution in [-0.2, 0) is 9.53 Å². The molecule has 0 saturated heterocycles. The standard InChI is InChI=1S/C11H25N3O2/c1-4-14(8-11(15)13-2)10(9-16-3)6-5-7-12/h10H,4-9,12H2,1-3H3,(H,13,15). The summed E-state index contributed by atoms with van der Waals surface area (Å²) in [5, 5.41) is 2.64. The lowest BCUT2D eigenvalue weighted by Gasteiger charge is -2.29. The molecule has 5 heteroatoms. The highest BCUT2D eigenvalue weighted by Crippen LogP contribution is 2.07. The van der Waals surface area contributed by atoms with Crippen LogP contribution >= 0.6 is 0 Å². The number of carbonyl (C=O) groups excluding carboxylic acids is 1. The van der Waals surface area contributed by atoms with E-state index >= 15 is 0 Å². The van der Waals surface area contributed by atoms with Crippen molar-refractivity contribution in [3.8, 4) is 0 Å². The van der Waals surface area contributed by atoms with Crippen molar-refractivity contribution in [2.24, 2.45) is 5.73 Å². The summed E-state index contributed by atoms with van der Waals surface area (Å²) in [6.45, 7) is 4.63. The van der Waals surface area contributed by atoms with Gasteiger partial charge in [-0.15, -0.1) is 0 Å². The predicted molar refractivity (Wildman–Crippen MR) is 65.3 cm³/mol. The van der Waals surface area contributed by atoms with Crippen LogP contribution in [0.4, 0.5) is 0 Å². The third-order valence-corrected chi connectivity index (χ3v) is 2.65. The Hall–Kier alpha value is -0.650. The van der Waals surface area contributed by atoms with Crippen LogP contribution in [0.15, 0.2) is 0 Å². The number of hydrogen-bond acceptors (Lipinski definition) is 4. The summed E-state index contributed by atoms with van der Waals surface area (Å²) in [6.07, 6.45) is 1.92. The van der Waals surface area contributed by atoms with Gasteiger partial charge in [-0.05, 0) is 25.9 Å². The highest BCUT2D eigenvalue weighted by atomic mass is 16.5. The summed E-state index contributed by atoms with van der Waals surface area (Å²) < 4.78 is 5.18. The highest BCUT2D eigenvalue weighted by molar-refractivity contribution is 5.77. The van der Waals surface area contributed by atoms with Gasteiger partial charge < -0.3 is 15.8 Å². The van der Waals surface area contributed by atoms with Crippen molar-refractivity contribution >= 4 is 5.91 Å². The normalized spacial score (nSPS) is 12.8. The van der Waals surface area contributed by atoms with Crippen molar-refractivity contribution in [3.63, 3.8) is 0 Å². The van der Waals surface area contributed by atoms with Crippen molar-refractivity contribution in [2.45, 2.75) is 25.8 Å². The number of nitrogens with two attached hydrogens (primary N) is 1. The number of nitrogens with one attached hydrogen (secondary N) is 1. The van der Waals surface area contributed by atoms with Crippen molar-refractivity contribution in [2.75, 3.05) is 40.4 Å². The summed E-state index contributed by atoms with van der Waals surface area (Å²) in [5.41, 5.74) is 5.50. The van der Waals surface area contributed by atoms with E-state index in [1.165, 1.54) is 0 Å². The molecule has 96 valence electrons. The molecule has 0 aromatic carbocycles. The van der Waals surface area contributed by atoms with Crippen molar-refractivity contribution in [1.29, 1.82) is 0 Å². The van der Waals surface area contributed by atoms with E-state index in [4.69, 9.17) is 10.5 Å². The van der Waals surface area contributed by atoms with Crippen LogP contribution in [0.1, 0.15) is 19.8 Å². The Morgan fingerprint density at radius 1 is 1.56 bits per heavy atom. The molecule has 16 heavy (non-hydrogen) atoms. The largest absolute Gasteiger partial charge is 0.383 e. The van der Waals surface area contributed by atoms with Gasteiger partial charge in [0.25, 0.3) is 0 Å². The molecule has 0 bridgehead atoms. The number of ether oxygens (including phenoxy) is 1. The van der Waals surface area contributed by atoms with Gasteiger partial charge in [-0.25, -0.2) is 0 Å². The van der Waals surface area contributed by atoms with Crippen molar-refractivity contribution in [3.05, 3.63) is 0 Å². The SMILES string of the molecule is CCN(CC(=O)NC)C(CCCN)COC.